The van der Waals surface area contributed by atoms with E-state index >= 15 is 0 Å². The van der Waals surface area contributed by atoms with Crippen LogP contribution in [0.15, 0.2) is 30.5 Å². The first kappa shape index (κ1) is 12.3. The van der Waals surface area contributed by atoms with Crippen LogP contribution in [0.25, 0.3) is 10.9 Å². The summed E-state index contributed by atoms with van der Waals surface area (Å²) in [5, 5.41) is 5.30. The maximum atomic E-state index is 3.99. The Bertz CT molecular complexity index is 634. The molecule has 2 nitrogen and oxygen atoms in total. The summed E-state index contributed by atoms with van der Waals surface area (Å²) in [6, 6.07) is 8.97. The zero-order valence-corrected chi connectivity index (χ0v) is 12.6. The summed E-state index contributed by atoms with van der Waals surface area (Å²) in [5.41, 5.74) is 3.15. The van der Waals surface area contributed by atoms with Crippen molar-refractivity contribution in [3.63, 3.8) is 0 Å². The van der Waals surface area contributed by atoms with Gasteiger partial charge in [0.05, 0.1) is 0 Å². The number of fused-ring (bicyclic) bond motifs is 1. The van der Waals surface area contributed by atoms with Gasteiger partial charge in [0.25, 0.3) is 0 Å². The highest BCUT2D eigenvalue weighted by Gasteiger charge is 2.50. The van der Waals surface area contributed by atoms with Gasteiger partial charge in [0.1, 0.15) is 0 Å². The van der Waals surface area contributed by atoms with Gasteiger partial charge in [0.2, 0.25) is 0 Å². The number of benzene rings is 1. The van der Waals surface area contributed by atoms with Gasteiger partial charge in [-0.05, 0) is 79.4 Å². The summed E-state index contributed by atoms with van der Waals surface area (Å²) in [5.74, 6) is 3.07. The van der Waals surface area contributed by atoms with E-state index in [-0.39, 0.29) is 0 Å². The molecule has 4 saturated carbocycles. The molecule has 1 aromatic carbocycles. The molecule has 0 spiro atoms. The minimum atomic E-state index is 0.472. The molecule has 0 aliphatic heterocycles. The van der Waals surface area contributed by atoms with Crippen LogP contribution in [0, 0.1) is 17.8 Å². The van der Waals surface area contributed by atoms with E-state index in [9.17, 15) is 0 Å². The zero-order chi connectivity index (χ0) is 13.9. The van der Waals surface area contributed by atoms with Gasteiger partial charge in [-0.25, -0.2) is 0 Å². The Hall–Kier alpha value is -1.28. The third-order valence-corrected chi connectivity index (χ3v) is 6.33. The Morgan fingerprint density at radius 1 is 1.00 bits per heavy atom. The second-order valence-corrected chi connectivity index (χ2v) is 7.95. The molecule has 2 heteroatoms. The molecule has 110 valence electrons. The molecule has 4 bridgehead atoms. The minimum Gasteiger partial charge on any atom is -0.361 e. The smallest absolute Gasteiger partial charge is 0.0457 e. The summed E-state index contributed by atoms with van der Waals surface area (Å²) in [4.78, 5) is 3.33. The lowest BCUT2D eigenvalue weighted by Gasteiger charge is -2.57. The maximum Gasteiger partial charge on any atom is 0.0457 e. The van der Waals surface area contributed by atoms with Crippen LogP contribution in [-0.4, -0.2) is 10.5 Å². The largest absolute Gasteiger partial charge is 0.361 e. The van der Waals surface area contributed by atoms with Crippen molar-refractivity contribution in [2.24, 2.45) is 17.8 Å². The van der Waals surface area contributed by atoms with Crippen molar-refractivity contribution in [1.82, 2.24) is 10.3 Å². The Morgan fingerprint density at radius 2 is 1.71 bits per heavy atom. The van der Waals surface area contributed by atoms with Crippen molar-refractivity contribution >= 4 is 10.9 Å². The molecule has 4 aliphatic carbocycles. The van der Waals surface area contributed by atoms with E-state index in [1.807, 2.05) is 6.20 Å². The monoisotopic (exact) mass is 280 g/mol. The predicted molar refractivity (Wildman–Crippen MR) is 86.0 cm³/mol. The fraction of sp³-hybridized carbons (Fsp3) is 0.579. The highest BCUT2D eigenvalue weighted by Crippen LogP contribution is 2.55. The molecule has 6 rings (SSSR count). The molecule has 1 heterocycles. The van der Waals surface area contributed by atoms with Gasteiger partial charge >= 0.3 is 0 Å². The SMILES string of the molecule is c1cc2ccc(CNC34CC5CC(CC(C5)C3)C4)cc2[nH]1. The van der Waals surface area contributed by atoms with Gasteiger partial charge in [-0.15, -0.1) is 0 Å². The van der Waals surface area contributed by atoms with E-state index in [2.05, 4.69) is 34.6 Å². The molecule has 21 heavy (non-hydrogen) atoms. The number of nitrogens with one attached hydrogen (secondary N) is 2. The summed E-state index contributed by atoms with van der Waals surface area (Å²) in [6.07, 6.45) is 10.9. The highest BCUT2D eigenvalue weighted by molar-refractivity contribution is 5.79. The van der Waals surface area contributed by atoms with E-state index in [1.165, 1.54) is 55.0 Å². The van der Waals surface area contributed by atoms with Crippen LogP contribution in [0.5, 0.6) is 0 Å². The molecule has 0 saturated heterocycles. The third-order valence-electron chi connectivity index (χ3n) is 6.33. The van der Waals surface area contributed by atoms with Gasteiger partial charge in [0, 0.05) is 23.8 Å². The number of aromatic amines is 1. The average molecular weight is 280 g/mol. The highest BCUT2D eigenvalue weighted by atomic mass is 15.0. The number of hydrogen-bond donors (Lipinski definition) is 2. The molecular weight excluding hydrogens is 256 g/mol. The van der Waals surface area contributed by atoms with Crippen molar-refractivity contribution in [3.05, 3.63) is 36.0 Å². The van der Waals surface area contributed by atoms with Crippen molar-refractivity contribution in [3.8, 4) is 0 Å². The van der Waals surface area contributed by atoms with Crippen LogP contribution in [0.2, 0.25) is 0 Å². The Labute approximate surface area is 126 Å². The van der Waals surface area contributed by atoms with E-state index < -0.39 is 0 Å². The quantitative estimate of drug-likeness (QED) is 0.865. The van der Waals surface area contributed by atoms with Crippen molar-refractivity contribution in [2.75, 3.05) is 0 Å². The fourth-order valence-corrected chi connectivity index (χ4v) is 5.82. The maximum absolute atomic E-state index is 3.99. The molecule has 0 amide bonds. The van der Waals surface area contributed by atoms with Crippen LogP contribution in [-0.2, 0) is 6.54 Å². The Morgan fingerprint density at radius 3 is 2.43 bits per heavy atom. The van der Waals surface area contributed by atoms with E-state index in [1.54, 1.807) is 0 Å². The molecule has 0 unspecified atom stereocenters. The summed E-state index contributed by atoms with van der Waals surface area (Å²) >= 11 is 0. The topological polar surface area (TPSA) is 27.8 Å². The van der Waals surface area contributed by atoms with E-state index in [0.717, 1.165) is 24.3 Å². The Kier molecular flexibility index (Phi) is 2.55. The Balaban J connectivity index is 1.35. The predicted octanol–water partition coefficient (Wildman–Crippen LogP) is 4.23. The van der Waals surface area contributed by atoms with Gasteiger partial charge in [0.15, 0.2) is 0 Å². The fourth-order valence-electron chi connectivity index (χ4n) is 5.82. The van der Waals surface area contributed by atoms with Crippen LogP contribution >= 0.6 is 0 Å². The molecular formula is C19H24N2. The third kappa shape index (κ3) is 2.03. The summed E-state index contributed by atoms with van der Waals surface area (Å²) in [6.45, 7) is 1.03. The second kappa shape index (κ2) is 4.36. The van der Waals surface area contributed by atoms with Gasteiger partial charge < -0.3 is 10.3 Å². The van der Waals surface area contributed by atoms with E-state index in [0.29, 0.717) is 5.54 Å². The first-order chi connectivity index (χ1) is 10.3. The van der Waals surface area contributed by atoms with Crippen molar-refractivity contribution < 1.29 is 0 Å². The van der Waals surface area contributed by atoms with Crippen LogP contribution in [0.1, 0.15) is 44.1 Å². The normalized spacial score (nSPS) is 37.4. The molecule has 0 radical (unpaired) electrons. The van der Waals surface area contributed by atoms with Gasteiger partial charge in [-0.3, -0.25) is 0 Å². The lowest BCUT2D eigenvalue weighted by Crippen LogP contribution is -2.58. The van der Waals surface area contributed by atoms with E-state index in [4.69, 9.17) is 0 Å². The first-order valence-corrected chi connectivity index (χ1v) is 8.59. The molecule has 4 aliphatic rings. The van der Waals surface area contributed by atoms with Gasteiger partial charge in [-0.2, -0.15) is 0 Å². The number of hydrogen-bond acceptors (Lipinski definition) is 1. The molecule has 1 aromatic heterocycles. The van der Waals surface area contributed by atoms with Crippen LogP contribution in [0.3, 0.4) is 0 Å². The zero-order valence-electron chi connectivity index (χ0n) is 12.6. The molecule has 0 atom stereocenters. The molecule has 4 fully saturated rings. The molecule has 2 N–H and O–H groups in total. The number of rotatable bonds is 3. The molecule has 2 aromatic rings. The van der Waals surface area contributed by atoms with Crippen molar-refractivity contribution in [1.29, 1.82) is 0 Å². The lowest BCUT2D eigenvalue weighted by molar-refractivity contribution is -0.0205. The number of aromatic nitrogens is 1. The summed E-state index contributed by atoms with van der Waals surface area (Å²) in [7, 11) is 0. The lowest BCUT2D eigenvalue weighted by atomic mass is 9.53. The average Bonchev–Trinajstić information content (AvgIpc) is 2.91. The number of H-pyrrole nitrogens is 1. The minimum absolute atomic E-state index is 0.472. The second-order valence-electron chi connectivity index (χ2n) is 7.95. The standard InChI is InChI=1S/C19H24N2/c1-2-17-3-4-20-18(17)8-13(1)12-21-19-9-14-5-15(10-19)7-16(6-14)11-19/h1-4,8,14-16,20-21H,5-7,9-12H2. The van der Waals surface area contributed by atoms with Crippen LogP contribution in [0.4, 0.5) is 0 Å². The van der Waals surface area contributed by atoms with Gasteiger partial charge in [-0.1, -0.05) is 12.1 Å². The van der Waals surface area contributed by atoms with Crippen molar-refractivity contribution in [2.45, 2.75) is 50.6 Å². The van der Waals surface area contributed by atoms with Crippen LogP contribution < -0.4 is 5.32 Å². The summed E-state index contributed by atoms with van der Waals surface area (Å²) < 4.78 is 0. The first-order valence-electron chi connectivity index (χ1n) is 8.59.